The summed E-state index contributed by atoms with van der Waals surface area (Å²) in [5, 5.41) is 0. The van der Waals surface area contributed by atoms with Gasteiger partial charge in [0.1, 0.15) is 11.6 Å². The van der Waals surface area contributed by atoms with E-state index in [1.54, 1.807) is 24.3 Å². The molecule has 0 aliphatic heterocycles. The van der Waals surface area contributed by atoms with Gasteiger partial charge in [0.25, 0.3) is 0 Å². The van der Waals surface area contributed by atoms with Crippen LogP contribution in [0.25, 0.3) is 17.2 Å². The van der Waals surface area contributed by atoms with Gasteiger partial charge in [0.15, 0.2) is 0 Å². The minimum absolute atomic E-state index is 0.309. The maximum atomic E-state index is 13.9. The first kappa shape index (κ1) is 30.2. The fourth-order valence-corrected chi connectivity index (χ4v) is 5.30. The predicted molar refractivity (Wildman–Crippen MR) is 189 cm³/mol. The van der Waals surface area contributed by atoms with Crippen molar-refractivity contribution in [3.05, 3.63) is 221 Å². The quantitative estimate of drug-likeness (QED) is 0.149. The monoisotopic (exact) mass is 601 g/mol. The molecule has 6 aromatic carbocycles. The molecule has 0 N–H and O–H groups in total. The number of allylic oxidation sites excluding steroid dienone is 2. The molecule has 6 rings (SSSR count). The van der Waals surface area contributed by atoms with E-state index in [9.17, 15) is 8.78 Å². The van der Waals surface area contributed by atoms with Crippen molar-refractivity contribution in [2.75, 3.05) is 4.90 Å². The molecule has 0 unspecified atom stereocenters. The molecule has 0 saturated heterocycles. The fraction of sp³-hybridized carbons (Fsp3) is 0.0233. The molecule has 0 fully saturated rings. The zero-order valence-corrected chi connectivity index (χ0v) is 25.5. The van der Waals surface area contributed by atoms with Gasteiger partial charge >= 0.3 is 0 Å². The van der Waals surface area contributed by atoms with Gasteiger partial charge in [-0.1, -0.05) is 133 Å². The van der Waals surface area contributed by atoms with E-state index in [1.807, 2.05) is 18.3 Å². The highest BCUT2D eigenvalue weighted by atomic mass is 19.1. The molecule has 0 aromatic heterocycles. The van der Waals surface area contributed by atoms with Gasteiger partial charge in [-0.2, -0.15) is 0 Å². The Labute approximate surface area is 269 Å². The Hall–Kier alpha value is -5.80. The van der Waals surface area contributed by atoms with E-state index in [1.165, 1.54) is 24.3 Å². The topological polar surface area (TPSA) is 3.24 Å². The average molecular weight is 602 g/mol. The summed E-state index contributed by atoms with van der Waals surface area (Å²) in [5.41, 5.74) is 10.1. The Kier molecular flexibility index (Phi) is 9.41. The second-order valence-corrected chi connectivity index (χ2v) is 11.0. The van der Waals surface area contributed by atoms with Gasteiger partial charge in [-0.15, -0.1) is 0 Å². The SMILES string of the molecule is Cc1ccc(N(C=C(c2ccc(F)cc2)c2ccc(F)cc2)c2ccc(/C=C/C=C(c3ccccc3)c3ccccc3)cc2)cc1. The highest BCUT2D eigenvalue weighted by Gasteiger charge is 2.13. The van der Waals surface area contributed by atoms with Crippen LogP contribution in [0.4, 0.5) is 20.2 Å². The molecule has 0 saturated carbocycles. The lowest BCUT2D eigenvalue weighted by Crippen LogP contribution is -2.10. The highest BCUT2D eigenvalue weighted by Crippen LogP contribution is 2.32. The molecule has 1 nitrogen and oxygen atoms in total. The lowest BCUT2D eigenvalue weighted by Gasteiger charge is -2.24. The zero-order chi connectivity index (χ0) is 31.7. The van der Waals surface area contributed by atoms with Crippen molar-refractivity contribution in [2.24, 2.45) is 0 Å². The molecule has 0 heterocycles. The Morgan fingerprint density at radius 3 is 1.39 bits per heavy atom. The summed E-state index contributed by atoms with van der Waals surface area (Å²) in [7, 11) is 0. The van der Waals surface area contributed by atoms with Crippen molar-refractivity contribution >= 4 is 28.6 Å². The summed E-state index contributed by atoms with van der Waals surface area (Å²) < 4.78 is 27.8. The maximum Gasteiger partial charge on any atom is 0.123 e. The van der Waals surface area contributed by atoms with Crippen molar-refractivity contribution in [3.63, 3.8) is 0 Å². The minimum Gasteiger partial charge on any atom is -0.317 e. The first-order valence-electron chi connectivity index (χ1n) is 15.2. The number of hydrogen-bond acceptors (Lipinski definition) is 1. The van der Waals surface area contributed by atoms with Crippen molar-refractivity contribution < 1.29 is 8.78 Å². The van der Waals surface area contributed by atoms with Crippen LogP contribution in [0.3, 0.4) is 0 Å². The van der Waals surface area contributed by atoms with Crippen LogP contribution in [0.15, 0.2) is 176 Å². The Bertz CT molecular complexity index is 1870. The molecule has 6 aromatic rings. The van der Waals surface area contributed by atoms with Crippen molar-refractivity contribution in [1.29, 1.82) is 0 Å². The summed E-state index contributed by atoms with van der Waals surface area (Å²) in [6.45, 7) is 2.06. The van der Waals surface area contributed by atoms with E-state index in [4.69, 9.17) is 0 Å². The number of halogens is 2. The zero-order valence-electron chi connectivity index (χ0n) is 25.5. The number of aryl methyl sites for hydroxylation is 1. The smallest absolute Gasteiger partial charge is 0.123 e. The molecule has 0 atom stereocenters. The van der Waals surface area contributed by atoms with Gasteiger partial charge in [-0.3, -0.25) is 0 Å². The van der Waals surface area contributed by atoms with Gasteiger partial charge in [-0.25, -0.2) is 8.78 Å². The van der Waals surface area contributed by atoms with E-state index < -0.39 is 0 Å². The summed E-state index contributed by atoms with van der Waals surface area (Å²) >= 11 is 0. The lowest BCUT2D eigenvalue weighted by atomic mass is 9.97. The number of rotatable bonds is 9. The standard InChI is InChI=1S/C43H33F2N/c1-32-15-27-40(28-16-32)46(31-43(36-19-23-38(44)24-20-36)37-21-25-39(45)26-22-37)41-29-17-33(18-30-41)9-8-14-42(34-10-4-2-5-11-34)35-12-6-3-7-13-35/h2-31H,1H3/b9-8+. The van der Waals surface area contributed by atoms with E-state index in [2.05, 4.69) is 127 Å². The second-order valence-electron chi connectivity index (χ2n) is 11.0. The summed E-state index contributed by atoms with van der Waals surface area (Å²) in [6, 6.07) is 50.2. The third-order valence-electron chi connectivity index (χ3n) is 7.77. The summed E-state index contributed by atoms with van der Waals surface area (Å²) in [4.78, 5) is 2.11. The third-order valence-corrected chi connectivity index (χ3v) is 7.77. The van der Waals surface area contributed by atoms with Crippen molar-refractivity contribution in [2.45, 2.75) is 6.92 Å². The van der Waals surface area contributed by atoms with Crippen LogP contribution in [-0.2, 0) is 0 Å². The number of nitrogens with zero attached hydrogens (tertiary/aromatic N) is 1. The molecule has 0 bridgehead atoms. The van der Waals surface area contributed by atoms with Crippen molar-refractivity contribution in [1.82, 2.24) is 0 Å². The first-order valence-corrected chi connectivity index (χ1v) is 15.2. The largest absolute Gasteiger partial charge is 0.317 e. The molecule has 0 aliphatic carbocycles. The van der Waals surface area contributed by atoms with Gasteiger partial charge in [0.05, 0.1) is 0 Å². The number of hydrogen-bond donors (Lipinski definition) is 0. The minimum atomic E-state index is -0.309. The first-order chi connectivity index (χ1) is 22.5. The van der Waals surface area contributed by atoms with Crippen LogP contribution in [0.5, 0.6) is 0 Å². The van der Waals surface area contributed by atoms with Crippen LogP contribution in [0, 0.1) is 18.6 Å². The molecule has 0 amide bonds. The summed E-state index contributed by atoms with van der Waals surface area (Å²) in [5.74, 6) is -0.619. The van der Waals surface area contributed by atoms with E-state index >= 15 is 0 Å². The van der Waals surface area contributed by atoms with Crippen LogP contribution >= 0.6 is 0 Å². The number of anilines is 2. The molecule has 0 aliphatic rings. The van der Waals surface area contributed by atoms with Crippen LogP contribution in [0.1, 0.15) is 33.4 Å². The van der Waals surface area contributed by atoms with Crippen LogP contribution in [-0.4, -0.2) is 0 Å². The molecular formula is C43H33F2N. The van der Waals surface area contributed by atoms with Gasteiger partial charge in [0, 0.05) is 23.1 Å². The number of benzene rings is 6. The van der Waals surface area contributed by atoms with Gasteiger partial charge in [-0.05, 0) is 88.8 Å². The normalized spacial score (nSPS) is 10.8. The highest BCUT2D eigenvalue weighted by molar-refractivity contribution is 5.84. The van der Waals surface area contributed by atoms with E-state index in [0.29, 0.717) is 0 Å². The molecule has 46 heavy (non-hydrogen) atoms. The molecule has 224 valence electrons. The Morgan fingerprint density at radius 1 is 0.478 bits per heavy atom. The van der Waals surface area contributed by atoms with Crippen LogP contribution < -0.4 is 4.90 Å². The van der Waals surface area contributed by atoms with E-state index in [-0.39, 0.29) is 11.6 Å². The maximum absolute atomic E-state index is 13.9. The van der Waals surface area contributed by atoms with E-state index in [0.717, 1.165) is 55.9 Å². The molecule has 0 radical (unpaired) electrons. The molecule has 3 heteroatoms. The third kappa shape index (κ3) is 7.46. The predicted octanol–water partition coefficient (Wildman–Crippen LogP) is 11.6. The van der Waals surface area contributed by atoms with Gasteiger partial charge in [0.2, 0.25) is 0 Å². The Balaban J connectivity index is 1.37. The Morgan fingerprint density at radius 2 is 0.913 bits per heavy atom. The molecular weight excluding hydrogens is 568 g/mol. The van der Waals surface area contributed by atoms with Crippen molar-refractivity contribution in [3.8, 4) is 0 Å². The van der Waals surface area contributed by atoms with Gasteiger partial charge < -0.3 is 4.90 Å². The average Bonchev–Trinajstić information content (AvgIpc) is 3.10. The van der Waals surface area contributed by atoms with Crippen LogP contribution in [0.2, 0.25) is 0 Å². The second kappa shape index (κ2) is 14.3. The lowest BCUT2D eigenvalue weighted by molar-refractivity contribution is 0.627. The fourth-order valence-electron chi connectivity index (χ4n) is 5.30. The summed E-state index contributed by atoms with van der Waals surface area (Å²) in [6.07, 6.45) is 8.37. The molecule has 0 spiro atoms.